The van der Waals surface area contributed by atoms with Gasteiger partial charge >= 0.3 is 0 Å². The summed E-state index contributed by atoms with van der Waals surface area (Å²) in [6.45, 7) is 9.01. The van der Waals surface area contributed by atoms with Crippen LogP contribution < -0.4 is 11.1 Å². The normalized spacial score (nSPS) is 22.1. The van der Waals surface area contributed by atoms with Crippen LogP contribution in [0.1, 0.15) is 50.8 Å². The molecule has 0 aromatic heterocycles. The number of hydrogen-bond donors (Lipinski definition) is 2. The lowest BCUT2D eigenvalue weighted by molar-refractivity contribution is 0.472. The van der Waals surface area contributed by atoms with Crippen molar-refractivity contribution in [3.05, 3.63) is 35.4 Å². The van der Waals surface area contributed by atoms with Gasteiger partial charge in [-0.05, 0) is 48.4 Å². The molecule has 2 atom stereocenters. The SMILES string of the molecule is CC(C)(C)c1ccc(C(N)CC2CCNC2)cc1. The topological polar surface area (TPSA) is 38.0 Å². The molecule has 18 heavy (non-hydrogen) atoms. The second-order valence-electron chi connectivity index (χ2n) is 6.57. The zero-order valence-corrected chi connectivity index (χ0v) is 11.9. The first-order valence-corrected chi connectivity index (χ1v) is 7.03. The van der Waals surface area contributed by atoms with Gasteiger partial charge in [-0.2, -0.15) is 0 Å². The highest BCUT2D eigenvalue weighted by atomic mass is 14.9. The molecule has 0 saturated carbocycles. The third kappa shape index (κ3) is 3.33. The van der Waals surface area contributed by atoms with Gasteiger partial charge in [0.25, 0.3) is 0 Å². The standard InChI is InChI=1S/C16H26N2/c1-16(2,3)14-6-4-13(5-7-14)15(17)10-12-8-9-18-11-12/h4-7,12,15,18H,8-11,17H2,1-3H3. The zero-order valence-electron chi connectivity index (χ0n) is 11.9. The maximum Gasteiger partial charge on any atom is 0.0297 e. The van der Waals surface area contributed by atoms with Gasteiger partial charge in [0, 0.05) is 6.04 Å². The van der Waals surface area contributed by atoms with Gasteiger partial charge in [0.15, 0.2) is 0 Å². The zero-order chi connectivity index (χ0) is 13.2. The fourth-order valence-corrected chi connectivity index (χ4v) is 2.64. The van der Waals surface area contributed by atoms with Crippen molar-refractivity contribution >= 4 is 0 Å². The summed E-state index contributed by atoms with van der Waals surface area (Å²) >= 11 is 0. The van der Waals surface area contributed by atoms with Crippen LogP contribution in [0.3, 0.4) is 0 Å². The fraction of sp³-hybridized carbons (Fsp3) is 0.625. The van der Waals surface area contributed by atoms with Crippen LogP contribution in [-0.2, 0) is 5.41 Å². The highest BCUT2D eigenvalue weighted by molar-refractivity contribution is 5.29. The van der Waals surface area contributed by atoms with Crippen molar-refractivity contribution in [2.75, 3.05) is 13.1 Å². The summed E-state index contributed by atoms with van der Waals surface area (Å²) < 4.78 is 0. The number of nitrogens with two attached hydrogens (primary N) is 1. The van der Waals surface area contributed by atoms with Crippen molar-refractivity contribution in [2.45, 2.75) is 45.1 Å². The summed E-state index contributed by atoms with van der Waals surface area (Å²) in [5.74, 6) is 0.752. The average molecular weight is 246 g/mol. The van der Waals surface area contributed by atoms with E-state index in [0.29, 0.717) is 0 Å². The summed E-state index contributed by atoms with van der Waals surface area (Å²) in [4.78, 5) is 0. The molecule has 3 N–H and O–H groups in total. The molecule has 0 amide bonds. The van der Waals surface area contributed by atoms with Crippen LogP contribution in [0.25, 0.3) is 0 Å². The van der Waals surface area contributed by atoms with Gasteiger partial charge in [0.1, 0.15) is 0 Å². The molecule has 0 aliphatic carbocycles. The third-order valence-electron chi connectivity index (χ3n) is 3.95. The second-order valence-corrected chi connectivity index (χ2v) is 6.57. The highest BCUT2D eigenvalue weighted by Gasteiger charge is 2.19. The van der Waals surface area contributed by atoms with E-state index in [4.69, 9.17) is 5.73 Å². The minimum absolute atomic E-state index is 0.184. The first-order valence-electron chi connectivity index (χ1n) is 7.03. The molecular weight excluding hydrogens is 220 g/mol. The Morgan fingerprint density at radius 3 is 2.44 bits per heavy atom. The highest BCUT2D eigenvalue weighted by Crippen LogP contribution is 2.26. The molecule has 1 fully saturated rings. The molecule has 1 aromatic carbocycles. The number of nitrogens with one attached hydrogen (secondary N) is 1. The summed E-state index contributed by atoms with van der Waals surface area (Å²) in [7, 11) is 0. The van der Waals surface area contributed by atoms with E-state index < -0.39 is 0 Å². The van der Waals surface area contributed by atoms with Crippen LogP contribution in [0.4, 0.5) is 0 Å². The Labute approximate surface area is 111 Å². The Morgan fingerprint density at radius 2 is 1.94 bits per heavy atom. The molecule has 1 saturated heterocycles. The van der Waals surface area contributed by atoms with E-state index in [0.717, 1.165) is 25.4 Å². The van der Waals surface area contributed by atoms with E-state index in [1.54, 1.807) is 0 Å². The molecule has 1 heterocycles. The van der Waals surface area contributed by atoms with Crippen molar-refractivity contribution in [1.82, 2.24) is 5.32 Å². The first-order chi connectivity index (χ1) is 8.47. The molecule has 1 aliphatic rings. The second kappa shape index (κ2) is 5.41. The Hall–Kier alpha value is -0.860. The van der Waals surface area contributed by atoms with Gasteiger partial charge in [-0.1, -0.05) is 45.0 Å². The van der Waals surface area contributed by atoms with E-state index in [1.165, 1.54) is 17.5 Å². The van der Waals surface area contributed by atoms with Crippen LogP contribution in [0.5, 0.6) is 0 Å². The molecular formula is C16H26N2. The Kier molecular flexibility index (Phi) is 4.08. The summed E-state index contributed by atoms with van der Waals surface area (Å²) in [5, 5.41) is 3.40. The first kappa shape index (κ1) is 13.6. The lowest BCUT2D eigenvalue weighted by atomic mass is 9.85. The lowest BCUT2D eigenvalue weighted by Gasteiger charge is -2.21. The maximum absolute atomic E-state index is 6.31. The van der Waals surface area contributed by atoms with Crippen LogP contribution in [-0.4, -0.2) is 13.1 Å². The summed E-state index contributed by atoms with van der Waals surface area (Å²) in [6.07, 6.45) is 2.37. The molecule has 2 unspecified atom stereocenters. The molecule has 2 nitrogen and oxygen atoms in total. The monoisotopic (exact) mass is 246 g/mol. The maximum atomic E-state index is 6.31. The fourth-order valence-electron chi connectivity index (χ4n) is 2.64. The van der Waals surface area contributed by atoms with E-state index in [9.17, 15) is 0 Å². The van der Waals surface area contributed by atoms with Crippen molar-refractivity contribution in [3.8, 4) is 0 Å². The van der Waals surface area contributed by atoms with Crippen molar-refractivity contribution < 1.29 is 0 Å². The van der Waals surface area contributed by atoms with Gasteiger partial charge in [-0.25, -0.2) is 0 Å². The Bertz CT molecular complexity index is 369. The van der Waals surface area contributed by atoms with Crippen LogP contribution in [0.2, 0.25) is 0 Å². The minimum atomic E-state index is 0.184. The van der Waals surface area contributed by atoms with Gasteiger partial charge < -0.3 is 11.1 Å². The molecule has 0 radical (unpaired) electrons. The lowest BCUT2D eigenvalue weighted by Crippen LogP contribution is -2.18. The summed E-state index contributed by atoms with van der Waals surface area (Å²) in [5.41, 5.74) is 9.18. The summed E-state index contributed by atoms with van der Waals surface area (Å²) in [6, 6.07) is 9.04. The third-order valence-corrected chi connectivity index (χ3v) is 3.95. The van der Waals surface area contributed by atoms with Crippen LogP contribution in [0.15, 0.2) is 24.3 Å². The number of benzene rings is 1. The van der Waals surface area contributed by atoms with E-state index >= 15 is 0 Å². The predicted octanol–water partition coefficient (Wildman–Crippen LogP) is 2.98. The quantitative estimate of drug-likeness (QED) is 0.860. The smallest absolute Gasteiger partial charge is 0.0297 e. The Morgan fingerprint density at radius 1 is 1.28 bits per heavy atom. The molecule has 0 spiro atoms. The van der Waals surface area contributed by atoms with Gasteiger partial charge in [0.05, 0.1) is 0 Å². The average Bonchev–Trinajstić information content (AvgIpc) is 2.81. The molecule has 100 valence electrons. The molecule has 0 bridgehead atoms. The largest absolute Gasteiger partial charge is 0.324 e. The van der Waals surface area contributed by atoms with Gasteiger partial charge in [-0.15, -0.1) is 0 Å². The molecule has 2 rings (SSSR count). The number of rotatable bonds is 3. The van der Waals surface area contributed by atoms with Crippen molar-refractivity contribution in [2.24, 2.45) is 11.7 Å². The van der Waals surface area contributed by atoms with Crippen LogP contribution in [0, 0.1) is 5.92 Å². The van der Waals surface area contributed by atoms with E-state index in [2.05, 4.69) is 50.4 Å². The van der Waals surface area contributed by atoms with Crippen molar-refractivity contribution in [3.63, 3.8) is 0 Å². The van der Waals surface area contributed by atoms with Gasteiger partial charge in [-0.3, -0.25) is 0 Å². The van der Waals surface area contributed by atoms with Crippen LogP contribution >= 0.6 is 0 Å². The number of hydrogen-bond acceptors (Lipinski definition) is 2. The molecule has 2 heteroatoms. The predicted molar refractivity (Wildman–Crippen MR) is 77.7 cm³/mol. The Balaban J connectivity index is 2.00. The van der Waals surface area contributed by atoms with Gasteiger partial charge in [0.2, 0.25) is 0 Å². The minimum Gasteiger partial charge on any atom is -0.324 e. The van der Waals surface area contributed by atoms with E-state index in [-0.39, 0.29) is 11.5 Å². The molecule has 1 aromatic rings. The molecule has 1 aliphatic heterocycles. The van der Waals surface area contributed by atoms with Crippen molar-refractivity contribution in [1.29, 1.82) is 0 Å². The van der Waals surface area contributed by atoms with E-state index in [1.807, 2.05) is 0 Å².